The molecule has 0 saturated carbocycles. The SMILES string of the molecule is O.[O-]B([O-])[O-].[O-]B([O-])[O-].[Zn+2].[Zn+2].[Zn+2]. The smallest absolute Gasteiger partial charge is 0.907 e. The van der Waals surface area contributed by atoms with Crippen LogP contribution in [-0.4, -0.2) is 20.1 Å². The molecule has 2 N–H and O–H groups in total. The monoisotopic (exact) mass is 328 g/mol. The molecule has 0 rings (SSSR count). The van der Waals surface area contributed by atoms with Crippen LogP contribution in [0.5, 0.6) is 0 Å². The van der Waals surface area contributed by atoms with E-state index in [1.165, 1.54) is 0 Å². The van der Waals surface area contributed by atoms with E-state index in [4.69, 9.17) is 30.1 Å². The average Bonchev–Trinajstić information content (AvgIpc) is 1.25. The molecule has 0 atom stereocenters. The van der Waals surface area contributed by atoms with Crippen molar-refractivity contribution in [3.63, 3.8) is 0 Å². The molecule has 0 spiro atoms. The minimum Gasteiger partial charge on any atom is -0.907 e. The van der Waals surface area contributed by atoms with Gasteiger partial charge in [0.1, 0.15) is 0 Å². The van der Waals surface area contributed by atoms with E-state index in [0.717, 1.165) is 0 Å². The molecule has 0 aliphatic carbocycles. The van der Waals surface area contributed by atoms with Crippen molar-refractivity contribution in [1.29, 1.82) is 0 Å². The van der Waals surface area contributed by atoms with E-state index < -0.39 is 14.6 Å². The molecule has 0 saturated heterocycles. The predicted molar refractivity (Wildman–Crippen MR) is 15.1 cm³/mol. The molecule has 7 nitrogen and oxygen atoms in total. The summed E-state index contributed by atoms with van der Waals surface area (Å²) in [6, 6.07) is 0. The van der Waals surface area contributed by atoms with Crippen molar-refractivity contribution in [3.05, 3.63) is 0 Å². The number of rotatable bonds is 0. The molecule has 0 amide bonds. The molecule has 0 heterocycles. The zero-order valence-electron chi connectivity index (χ0n) is 6.23. The summed E-state index contributed by atoms with van der Waals surface area (Å²) in [7, 11) is -5.83. The molecular formula is H2B2O7Zn3. The van der Waals surface area contributed by atoms with Crippen LogP contribution in [0.15, 0.2) is 0 Å². The third-order valence-electron chi connectivity index (χ3n) is 0. The molecule has 0 aromatic carbocycles. The van der Waals surface area contributed by atoms with Crippen molar-refractivity contribution in [2.24, 2.45) is 0 Å². The molecule has 0 unspecified atom stereocenters. The summed E-state index contributed by atoms with van der Waals surface area (Å²) in [5.74, 6) is 0. The summed E-state index contributed by atoms with van der Waals surface area (Å²) >= 11 is 0. The maximum absolute atomic E-state index is 8.42. The maximum Gasteiger partial charge on any atom is 2.00 e. The maximum atomic E-state index is 8.42. The van der Waals surface area contributed by atoms with Gasteiger partial charge in [0.15, 0.2) is 0 Å². The topological polar surface area (TPSA) is 170 Å². The Morgan fingerprint density at radius 1 is 0.500 bits per heavy atom. The summed E-state index contributed by atoms with van der Waals surface area (Å²) in [5.41, 5.74) is 0. The van der Waals surface area contributed by atoms with Crippen molar-refractivity contribution < 1.29 is 94.1 Å². The molecule has 0 aliphatic heterocycles. The number of hydrogen-bond acceptors (Lipinski definition) is 6. The van der Waals surface area contributed by atoms with Gasteiger partial charge in [0, 0.05) is 0 Å². The standard InChI is InChI=1S/2BO3.H2O.3Zn/c2*2-1(3)4;;;;/h;;1H2;;;/q2*-3;;3*+2. The van der Waals surface area contributed by atoms with Gasteiger partial charge in [-0.15, -0.1) is 0 Å². The molecule has 0 aromatic rings. The fraction of sp³-hybridized carbons (Fsp3) is 0. The van der Waals surface area contributed by atoms with Crippen molar-refractivity contribution in [2.45, 2.75) is 0 Å². The van der Waals surface area contributed by atoms with Crippen LogP contribution in [0.3, 0.4) is 0 Å². The van der Waals surface area contributed by atoms with E-state index in [2.05, 4.69) is 0 Å². The zero-order chi connectivity index (χ0) is 7.15. The quantitative estimate of drug-likeness (QED) is 0.399. The molecule has 0 aliphatic rings. The van der Waals surface area contributed by atoms with Crippen LogP contribution in [0, 0.1) is 0 Å². The third kappa shape index (κ3) is 455. The van der Waals surface area contributed by atoms with Crippen molar-refractivity contribution >= 4 is 14.6 Å². The summed E-state index contributed by atoms with van der Waals surface area (Å²) in [4.78, 5) is 0. The van der Waals surface area contributed by atoms with Crippen LogP contribution in [0.25, 0.3) is 0 Å². The van der Waals surface area contributed by atoms with Crippen LogP contribution in [0.4, 0.5) is 0 Å². The second kappa shape index (κ2) is 29.3. The first kappa shape index (κ1) is 37.2. The molecule has 56 valence electrons. The molecule has 0 radical (unpaired) electrons. The predicted octanol–water partition coefficient (Wildman–Crippen LogP) is -8.73. The Bertz CT molecular complexity index is 32.1. The first-order valence-electron chi connectivity index (χ1n) is 1.41. The molecule has 12 heavy (non-hydrogen) atoms. The van der Waals surface area contributed by atoms with E-state index in [1.54, 1.807) is 0 Å². The van der Waals surface area contributed by atoms with Gasteiger partial charge in [0.2, 0.25) is 0 Å². The Hall–Kier alpha value is 1.72. The van der Waals surface area contributed by atoms with Gasteiger partial charge in [-0.25, -0.2) is 0 Å². The summed E-state index contributed by atoms with van der Waals surface area (Å²) < 4.78 is 0. The minimum absolute atomic E-state index is 0. The molecular weight excluding hydrogens is 330 g/mol. The largest absolute Gasteiger partial charge is 2.00 e. The van der Waals surface area contributed by atoms with Gasteiger partial charge in [-0.2, -0.15) is 0 Å². The van der Waals surface area contributed by atoms with E-state index in [-0.39, 0.29) is 63.9 Å². The van der Waals surface area contributed by atoms with Crippen LogP contribution in [0.1, 0.15) is 0 Å². The van der Waals surface area contributed by atoms with Gasteiger partial charge >= 0.3 is 58.4 Å². The molecule has 12 heteroatoms. The first-order valence-corrected chi connectivity index (χ1v) is 1.41. The normalized spacial score (nSPS) is 4.50. The molecule has 0 aromatic heterocycles. The van der Waals surface area contributed by atoms with Crippen molar-refractivity contribution in [2.75, 3.05) is 0 Å². The third-order valence-corrected chi connectivity index (χ3v) is 0. The first-order chi connectivity index (χ1) is 3.46. The van der Waals surface area contributed by atoms with Crippen molar-refractivity contribution in [1.82, 2.24) is 0 Å². The second-order valence-electron chi connectivity index (χ2n) is 0.577. The van der Waals surface area contributed by atoms with Gasteiger partial charge in [-0.3, -0.25) is 14.6 Å². The summed E-state index contributed by atoms with van der Waals surface area (Å²) in [6.07, 6.45) is 0. The van der Waals surface area contributed by atoms with E-state index >= 15 is 0 Å². The number of hydrogen-bond donors (Lipinski definition) is 0. The summed E-state index contributed by atoms with van der Waals surface area (Å²) in [5, 5.41) is 50.5. The van der Waals surface area contributed by atoms with Crippen LogP contribution in [0.2, 0.25) is 0 Å². The van der Waals surface area contributed by atoms with Crippen LogP contribution < -0.4 is 30.1 Å². The molecule has 0 bridgehead atoms. The van der Waals surface area contributed by atoms with E-state index in [9.17, 15) is 0 Å². The van der Waals surface area contributed by atoms with Crippen LogP contribution in [-0.2, 0) is 58.4 Å². The Kier molecular flexibility index (Phi) is 91.0. The Labute approximate surface area is 108 Å². The Balaban J connectivity index is -0.0000000112. The Morgan fingerprint density at radius 3 is 0.500 bits per heavy atom. The minimum atomic E-state index is -2.92. The Morgan fingerprint density at radius 2 is 0.500 bits per heavy atom. The summed E-state index contributed by atoms with van der Waals surface area (Å²) in [6.45, 7) is 0. The van der Waals surface area contributed by atoms with Crippen molar-refractivity contribution in [3.8, 4) is 0 Å². The zero-order valence-corrected chi connectivity index (χ0v) is 15.1. The molecule has 0 fully saturated rings. The van der Waals surface area contributed by atoms with Gasteiger partial charge in [0.05, 0.1) is 0 Å². The fourth-order valence-electron chi connectivity index (χ4n) is 0. The van der Waals surface area contributed by atoms with Gasteiger partial charge < -0.3 is 35.6 Å². The van der Waals surface area contributed by atoms with Crippen LogP contribution >= 0.6 is 0 Å². The van der Waals surface area contributed by atoms with E-state index in [1.807, 2.05) is 0 Å². The van der Waals surface area contributed by atoms with E-state index in [0.29, 0.717) is 0 Å². The average molecular weight is 332 g/mol. The van der Waals surface area contributed by atoms with Gasteiger partial charge in [-0.05, 0) is 0 Å². The van der Waals surface area contributed by atoms with Gasteiger partial charge in [0.25, 0.3) is 0 Å². The second-order valence-corrected chi connectivity index (χ2v) is 0.577. The van der Waals surface area contributed by atoms with Gasteiger partial charge in [-0.1, -0.05) is 0 Å². The fourth-order valence-corrected chi connectivity index (χ4v) is 0.